The molecule has 1 aromatic rings. The third kappa shape index (κ3) is 2.26. The molecule has 1 aliphatic rings. The van der Waals surface area contributed by atoms with Gasteiger partial charge in [0.15, 0.2) is 0 Å². The van der Waals surface area contributed by atoms with Crippen LogP contribution in [0.25, 0.3) is 0 Å². The molecule has 0 radical (unpaired) electrons. The molecule has 0 unspecified atom stereocenters. The van der Waals surface area contributed by atoms with Crippen molar-refractivity contribution in [1.29, 1.82) is 0 Å². The van der Waals surface area contributed by atoms with Gasteiger partial charge >= 0.3 is 0 Å². The van der Waals surface area contributed by atoms with Crippen molar-refractivity contribution in [3.63, 3.8) is 0 Å². The molecule has 1 aromatic carbocycles. The Bertz CT molecular complexity index is 356. The van der Waals surface area contributed by atoms with E-state index in [4.69, 9.17) is 17.3 Å². The monoisotopic (exact) mass is 208 g/mol. The Morgan fingerprint density at radius 3 is 2.79 bits per heavy atom. The predicted molar refractivity (Wildman–Crippen MR) is 59.5 cm³/mol. The first-order chi connectivity index (χ1) is 6.77. The van der Waals surface area contributed by atoms with Crippen molar-refractivity contribution in [3.8, 4) is 0 Å². The Balaban J connectivity index is 2.03. The molecule has 74 valence electrons. The quantitative estimate of drug-likeness (QED) is 0.602. The van der Waals surface area contributed by atoms with Crippen LogP contribution >= 0.6 is 11.6 Å². The van der Waals surface area contributed by atoms with Crippen molar-refractivity contribution in [1.82, 2.24) is 0 Å². The van der Waals surface area contributed by atoms with E-state index in [-0.39, 0.29) is 0 Å². The van der Waals surface area contributed by atoms with E-state index in [1.165, 1.54) is 12.8 Å². The summed E-state index contributed by atoms with van der Waals surface area (Å²) in [5.41, 5.74) is 6.82. The molecule has 0 aromatic heterocycles. The van der Waals surface area contributed by atoms with Gasteiger partial charge < -0.3 is 5.73 Å². The van der Waals surface area contributed by atoms with Gasteiger partial charge in [-0.05, 0) is 24.5 Å². The molecule has 3 heteroatoms. The summed E-state index contributed by atoms with van der Waals surface area (Å²) in [5.74, 6) is 1.32. The molecule has 0 aliphatic heterocycles. The average Bonchev–Trinajstić information content (AvgIpc) is 2.99. The number of halogens is 1. The number of benzene rings is 1. The largest absolute Gasteiger partial charge is 0.387 e. The number of hydrogen-bond donors (Lipinski definition) is 1. The Labute approximate surface area is 88.8 Å². The van der Waals surface area contributed by atoms with Crippen LogP contribution in [0.15, 0.2) is 29.3 Å². The van der Waals surface area contributed by atoms with Gasteiger partial charge in [-0.25, -0.2) is 0 Å². The Morgan fingerprint density at radius 2 is 2.14 bits per heavy atom. The maximum atomic E-state index is 5.99. The van der Waals surface area contributed by atoms with E-state index >= 15 is 0 Å². The molecule has 2 rings (SSSR count). The molecule has 0 amide bonds. The highest BCUT2D eigenvalue weighted by Crippen LogP contribution is 2.29. The fourth-order valence-corrected chi connectivity index (χ4v) is 1.51. The van der Waals surface area contributed by atoms with Crippen molar-refractivity contribution >= 4 is 17.4 Å². The lowest BCUT2D eigenvalue weighted by Crippen LogP contribution is -2.14. The van der Waals surface area contributed by atoms with Crippen molar-refractivity contribution in [2.75, 3.05) is 0 Å². The van der Waals surface area contributed by atoms with Gasteiger partial charge in [0.1, 0.15) is 0 Å². The van der Waals surface area contributed by atoms with Crippen LogP contribution < -0.4 is 5.73 Å². The predicted octanol–water partition coefficient (Wildman–Crippen LogP) is 2.61. The van der Waals surface area contributed by atoms with E-state index < -0.39 is 0 Å². The molecule has 0 saturated heterocycles. The molecule has 2 nitrogen and oxygen atoms in total. The van der Waals surface area contributed by atoms with Crippen molar-refractivity contribution in [2.45, 2.75) is 19.4 Å². The van der Waals surface area contributed by atoms with Gasteiger partial charge in [-0.2, -0.15) is 0 Å². The minimum atomic E-state index is 0.539. The van der Waals surface area contributed by atoms with Crippen LogP contribution in [0.4, 0.5) is 0 Å². The zero-order chi connectivity index (χ0) is 9.97. The van der Waals surface area contributed by atoms with E-state index in [0.29, 0.717) is 12.5 Å². The lowest BCUT2D eigenvalue weighted by Gasteiger charge is -2.01. The number of hydrogen-bond acceptors (Lipinski definition) is 1. The summed E-state index contributed by atoms with van der Waals surface area (Å²) in [7, 11) is 0. The molecule has 0 heterocycles. The molecule has 1 fully saturated rings. The Kier molecular flexibility index (Phi) is 2.73. The minimum Gasteiger partial charge on any atom is -0.387 e. The number of nitrogens with zero attached hydrogens (tertiary/aromatic N) is 1. The van der Waals surface area contributed by atoms with Gasteiger partial charge in [0.25, 0.3) is 0 Å². The fraction of sp³-hybridized carbons (Fsp3) is 0.364. The maximum Gasteiger partial charge on any atom is 0.0972 e. The van der Waals surface area contributed by atoms with Gasteiger partial charge in [-0.3, -0.25) is 4.99 Å². The topological polar surface area (TPSA) is 38.4 Å². The van der Waals surface area contributed by atoms with Crippen LogP contribution in [0.1, 0.15) is 18.4 Å². The van der Waals surface area contributed by atoms with Crippen molar-refractivity contribution < 1.29 is 0 Å². The van der Waals surface area contributed by atoms with Gasteiger partial charge in [-0.15, -0.1) is 0 Å². The van der Waals surface area contributed by atoms with Crippen LogP contribution in [-0.4, -0.2) is 5.84 Å². The molecule has 0 spiro atoms. The molecule has 0 bridgehead atoms. The highest BCUT2D eigenvalue weighted by molar-refractivity contribution is 6.31. The van der Waals surface area contributed by atoms with Crippen LogP contribution in [0, 0.1) is 5.92 Å². The van der Waals surface area contributed by atoms with Crippen molar-refractivity contribution in [2.24, 2.45) is 16.6 Å². The zero-order valence-corrected chi connectivity index (χ0v) is 8.67. The standard InChI is InChI=1S/C11H13ClN2/c12-10-4-2-1-3-9(10)7-14-11(13)8-5-6-8/h1-4,8H,5-7H2,(H2,13,14). The first kappa shape index (κ1) is 9.53. The zero-order valence-electron chi connectivity index (χ0n) is 7.91. The second-order valence-electron chi connectivity index (χ2n) is 3.61. The summed E-state index contributed by atoms with van der Waals surface area (Å²) in [6.45, 7) is 0.599. The van der Waals surface area contributed by atoms with Gasteiger partial charge in [-0.1, -0.05) is 29.8 Å². The first-order valence-corrected chi connectivity index (χ1v) is 5.18. The molecular formula is C11H13ClN2. The third-order valence-corrected chi connectivity index (χ3v) is 2.75. The normalized spacial score (nSPS) is 17.1. The molecule has 14 heavy (non-hydrogen) atoms. The molecule has 2 N–H and O–H groups in total. The summed E-state index contributed by atoms with van der Waals surface area (Å²) in [6, 6.07) is 7.73. The summed E-state index contributed by atoms with van der Waals surface area (Å²) in [4.78, 5) is 4.33. The van der Waals surface area contributed by atoms with E-state index in [1.54, 1.807) is 0 Å². The van der Waals surface area contributed by atoms with Crippen LogP contribution in [0.3, 0.4) is 0 Å². The number of rotatable bonds is 3. The SMILES string of the molecule is NC(=NCc1ccccc1Cl)C1CC1. The lowest BCUT2D eigenvalue weighted by molar-refractivity contribution is 1.02. The highest BCUT2D eigenvalue weighted by atomic mass is 35.5. The van der Waals surface area contributed by atoms with Gasteiger partial charge in [0.2, 0.25) is 0 Å². The fourth-order valence-electron chi connectivity index (χ4n) is 1.31. The van der Waals surface area contributed by atoms with E-state index in [2.05, 4.69) is 4.99 Å². The Hall–Kier alpha value is -1.02. The van der Waals surface area contributed by atoms with Gasteiger partial charge in [0, 0.05) is 10.9 Å². The van der Waals surface area contributed by atoms with Crippen LogP contribution in [0.2, 0.25) is 5.02 Å². The molecular weight excluding hydrogens is 196 g/mol. The molecule has 1 saturated carbocycles. The smallest absolute Gasteiger partial charge is 0.0972 e. The van der Waals surface area contributed by atoms with Gasteiger partial charge in [0.05, 0.1) is 12.4 Å². The number of amidine groups is 1. The second kappa shape index (κ2) is 4.01. The first-order valence-electron chi connectivity index (χ1n) is 4.80. The average molecular weight is 209 g/mol. The van der Waals surface area contributed by atoms with E-state index in [9.17, 15) is 0 Å². The van der Waals surface area contributed by atoms with Crippen molar-refractivity contribution in [3.05, 3.63) is 34.9 Å². The van der Waals surface area contributed by atoms with Crippen LogP contribution in [0.5, 0.6) is 0 Å². The molecule has 1 aliphatic carbocycles. The summed E-state index contributed by atoms with van der Waals surface area (Å²) < 4.78 is 0. The van der Waals surface area contributed by atoms with E-state index in [0.717, 1.165) is 16.4 Å². The summed E-state index contributed by atoms with van der Waals surface area (Å²) in [6.07, 6.45) is 2.38. The summed E-state index contributed by atoms with van der Waals surface area (Å²) in [5, 5.41) is 0.764. The molecule has 0 atom stereocenters. The minimum absolute atomic E-state index is 0.539. The maximum absolute atomic E-state index is 5.99. The second-order valence-corrected chi connectivity index (χ2v) is 4.01. The van der Waals surface area contributed by atoms with Crippen LogP contribution in [-0.2, 0) is 6.54 Å². The lowest BCUT2D eigenvalue weighted by atomic mass is 10.2. The third-order valence-electron chi connectivity index (χ3n) is 2.39. The Morgan fingerprint density at radius 1 is 1.43 bits per heavy atom. The summed E-state index contributed by atoms with van der Waals surface area (Å²) >= 11 is 5.99. The van der Waals surface area contributed by atoms with E-state index in [1.807, 2.05) is 24.3 Å². The number of aliphatic imine (C=N–C) groups is 1. The number of nitrogens with two attached hydrogens (primary N) is 1. The highest BCUT2D eigenvalue weighted by Gasteiger charge is 2.25.